The highest BCUT2D eigenvalue weighted by molar-refractivity contribution is 4.73. The standard InChI is InChI=1S/C14H29NO/c1-4-7-12(3)14(5-2)15-10-9-13-8-6-11-16-13/h12-15H,4-11H2,1-3H3. The fourth-order valence-corrected chi connectivity index (χ4v) is 2.71. The van der Waals surface area contributed by atoms with Crippen LogP contribution in [-0.2, 0) is 4.74 Å². The third-order valence-corrected chi connectivity index (χ3v) is 3.77. The van der Waals surface area contributed by atoms with Crippen molar-refractivity contribution in [2.45, 2.75) is 71.4 Å². The monoisotopic (exact) mass is 227 g/mol. The van der Waals surface area contributed by atoms with Crippen LogP contribution in [0, 0.1) is 5.92 Å². The number of ether oxygens (including phenoxy) is 1. The maximum atomic E-state index is 5.64. The van der Waals surface area contributed by atoms with Crippen LogP contribution in [0.2, 0.25) is 0 Å². The van der Waals surface area contributed by atoms with Crippen LogP contribution in [-0.4, -0.2) is 25.3 Å². The lowest BCUT2D eigenvalue weighted by Gasteiger charge is -2.24. The van der Waals surface area contributed by atoms with Gasteiger partial charge in [0.05, 0.1) is 6.10 Å². The molecule has 0 bridgehead atoms. The first kappa shape index (κ1) is 14.0. The van der Waals surface area contributed by atoms with Gasteiger partial charge in [0.25, 0.3) is 0 Å². The maximum absolute atomic E-state index is 5.64. The largest absolute Gasteiger partial charge is 0.378 e. The van der Waals surface area contributed by atoms with Crippen molar-refractivity contribution in [1.82, 2.24) is 5.32 Å². The normalized spacial score (nSPS) is 24.6. The van der Waals surface area contributed by atoms with E-state index in [2.05, 4.69) is 26.1 Å². The molecule has 3 atom stereocenters. The zero-order valence-corrected chi connectivity index (χ0v) is 11.3. The van der Waals surface area contributed by atoms with Gasteiger partial charge in [-0.25, -0.2) is 0 Å². The molecular weight excluding hydrogens is 198 g/mol. The van der Waals surface area contributed by atoms with Crippen LogP contribution < -0.4 is 5.32 Å². The van der Waals surface area contributed by atoms with Crippen molar-refractivity contribution in [3.05, 3.63) is 0 Å². The molecular formula is C14H29NO. The first-order chi connectivity index (χ1) is 7.77. The maximum Gasteiger partial charge on any atom is 0.0588 e. The van der Waals surface area contributed by atoms with E-state index >= 15 is 0 Å². The third-order valence-electron chi connectivity index (χ3n) is 3.77. The summed E-state index contributed by atoms with van der Waals surface area (Å²) in [5.74, 6) is 0.805. The molecule has 1 saturated heterocycles. The van der Waals surface area contributed by atoms with Crippen molar-refractivity contribution in [2.24, 2.45) is 5.92 Å². The van der Waals surface area contributed by atoms with E-state index in [4.69, 9.17) is 4.74 Å². The van der Waals surface area contributed by atoms with E-state index in [9.17, 15) is 0 Å². The molecule has 0 radical (unpaired) electrons. The second kappa shape index (κ2) is 8.08. The first-order valence-electron chi connectivity index (χ1n) is 7.12. The van der Waals surface area contributed by atoms with Gasteiger partial charge in [0.15, 0.2) is 0 Å². The van der Waals surface area contributed by atoms with Crippen molar-refractivity contribution in [2.75, 3.05) is 13.2 Å². The Hall–Kier alpha value is -0.0800. The van der Waals surface area contributed by atoms with Gasteiger partial charge in [0.1, 0.15) is 0 Å². The summed E-state index contributed by atoms with van der Waals surface area (Å²) in [7, 11) is 0. The molecule has 3 unspecified atom stereocenters. The van der Waals surface area contributed by atoms with E-state index in [1.165, 1.54) is 38.5 Å². The lowest BCUT2D eigenvalue weighted by Crippen LogP contribution is -2.36. The van der Waals surface area contributed by atoms with Crippen LogP contribution in [0.5, 0.6) is 0 Å². The van der Waals surface area contributed by atoms with Gasteiger partial charge in [-0.15, -0.1) is 0 Å². The molecule has 0 saturated carbocycles. The highest BCUT2D eigenvalue weighted by atomic mass is 16.5. The Morgan fingerprint density at radius 2 is 2.19 bits per heavy atom. The van der Waals surface area contributed by atoms with Gasteiger partial charge in [0, 0.05) is 12.6 Å². The van der Waals surface area contributed by atoms with Crippen molar-refractivity contribution in [3.63, 3.8) is 0 Å². The summed E-state index contributed by atoms with van der Waals surface area (Å²) in [5, 5.41) is 3.70. The molecule has 1 fully saturated rings. The van der Waals surface area contributed by atoms with E-state index in [-0.39, 0.29) is 0 Å². The van der Waals surface area contributed by atoms with Crippen LogP contribution in [0.4, 0.5) is 0 Å². The molecule has 16 heavy (non-hydrogen) atoms. The van der Waals surface area contributed by atoms with Crippen LogP contribution in [0.15, 0.2) is 0 Å². The predicted octanol–water partition coefficient (Wildman–Crippen LogP) is 3.36. The number of hydrogen-bond donors (Lipinski definition) is 1. The van der Waals surface area contributed by atoms with Gasteiger partial charge >= 0.3 is 0 Å². The van der Waals surface area contributed by atoms with Crippen molar-refractivity contribution in [1.29, 1.82) is 0 Å². The second-order valence-electron chi connectivity index (χ2n) is 5.16. The molecule has 1 rings (SSSR count). The zero-order valence-electron chi connectivity index (χ0n) is 11.3. The Morgan fingerprint density at radius 3 is 2.75 bits per heavy atom. The highest BCUT2D eigenvalue weighted by Crippen LogP contribution is 2.16. The fraction of sp³-hybridized carbons (Fsp3) is 1.00. The Morgan fingerprint density at radius 1 is 1.38 bits per heavy atom. The summed E-state index contributed by atoms with van der Waals surface area (Å²) >= 11 is 0. The molecule has 0 aromatic carbocycles. The summed E-state index contributed by atoms with van der Waals surface area (Å²) in [5.41, 5.74) is 0. The summed E-state index contributed by atoms with van der Waals surface area (Å²) in [4.78, 5) is 0. The molecule has 1 N–H and O–H groups in total. The minimum atomic E-state index is 0.534. The first-order valence-corrected chi connectivity index (χ1v) is 7.12. The number of rotatable bonds is 8. The molecule has 1 heterocycles. The van der Waals surface area contributed by atoms with Gasteiger partial charge in [0.2, 0.25) is 0 Å². The summed E-state index contributed by atoms with van der Waals surface area (Å²) < 4.78 is 5.64. The van der Waals surface area contributed by atoms with E-state index in [1.807, 2.05) is 0 Å². The van der Waals surface area contributed by atoms with Gasteiger partial charge in [-0.1, -0.05) is 27.2 Å². The molecule has 1 aliphatic heterocycles. The van der Waals surface area contributed by atoms with E-state index in [0.717, 1.165) is 19.1 Å². The number of nitrogens with one attached hydrogen (secondary N) is 1. The third kappa shape index (κ3) is 4.84. The lowest BCUT2D eigenvalue weighted by molar-refractivity contribution is 0.103. The smallest absolute Gasteiger partial charge is 0.0588 e. The molecule has 0 spiro atoms. The van der Waals surface area contributed by atoms with Crippen molar-refractivity contribution >= 4 is 0 Å². The van der Waals surface area contributed by atoms with E-state index in [1.54, 1.807) is 0 Å². The summed E-state index contributed by atoms with van der Waals surface area (Å²) in [6, 6.07) is 0.696. The average molecular weight is 227 g/mol. The molecule has 2 nitrogen and oxygen atoms in total. The lowest BCUT2D eigenvalue weighted by atomic mass is 9.95. The van der Waals surface area contributed by atoms with E-state index in [0.29, 0.717) is 12.1 Å². The van der Waals surface area contributed by atoms with E-state index < -0.39 is 0 Å². The van der Waals surface area contributed by atoms with Gasteiger partial charge in [-0.2, -0.15) is 0 Å². The van der Waals surface area contributed by atoms with Crippen LogP contribution >= 0.6 is 0 Å². The number of hydrogen-bond acceptors (Lipinski definition) is 2. The molecule has 96 valence electrons. The van der Waals surface area contributed by atoms with Crippen LogP contribution in [0.3, 0.4) is 0 Å². The minimum absolute atomic E-state index is 0.534. The second-order valence-corrected chi connectivity index (χ2v) is 5.16. The predicted molar refractivity (Wildman–Crippen MR) is 69.7 cm³/mol. The van der Waals surface area contributed by atoms with Gasteiger partial charge < -0.3 is 10.1 Å². The van der Waals surface area contributed by atoms with Crippen molar-refractivity contribution < 1.29 is 4.74 Å². The van der Waals surface area contributed by atoms with Gasteiger partial charge in [-0.3, -0.25) is 0 Å². The topological polar surface area (TPSA) is 21.3 Å². The molecule has 0 aliphatic carbocycles. The average Bonchev–Trinajstić information content (AvgIpc) is 2.77. The SMILES string of the molecule is CCCC(C)C(CC)NCCC1CCCO1. The Bertz CT molecular complexity index is 166. The Kier molecular flexibility index (Phi) is 7.06. The quantitative estimate of drug-likeness (QED) is 0.686. The molecule has 0 aromatic heterocycles. The molecule has 2 heteroatoms. The zero-order chi connectivity index (χ0) is 11.8. The van der Waals surface area contributed by atoms with Gasteiger partial charge in [-0.05, 0) is 44.6 Å². The Labute approximate surface area is 101 Å². The van der Waals surface area contributed by atoms with Crippen LogP contribution in [0.25, 0.3) is 0 Å². The minimum Gasteiger partial charge on any atom is -0.378 e. The molecule has 1 aliphatic rings. The fourth-order valence-electron chi connectivity index (χ4n) is 2.71. The summed E-state index contributed by atoms with van der Waals surface area (Å²) in [6.45, 7) is 9.04. The highest BCUT2D eigenvalue weighted by Gasteiger charge is 2.17. The molecule has 0 amide bonds. The van der Waals surface area contributed by atoms with Crippen molar-refractivity contribution in [3.8, 4) is 0 Å². The Balaban J connectivity index is 2.12. The summed E-state index contributed by atoms with van der Waals surface area (Å²) in [6.07, 6.45) is 8.13. The van der Waals surface area contributed by atoms with Crippen LogP contribution in [0.1, 0.15) is 59.3 Å². The molecule has 0 aromatic rings.